The molecule has 0 fully saturated rings. The van der Waals surface area contributed by atoms with Crippen LogP contribution in [0.5, 0.6) is 0 Å². The molecule has 0 unspecified atom stereocenters. The lowest BCUT2D eigenvalue weighted by Crippen LogP contribution is -2.24. The molecule has 5 N–H and O–H groups in total. The molecule has 0 saturated carbocycles. The lowest BCUT2D eigenvalue weighted by molar-refractivity contribution is 0.955. The van der Waals surface area contributed by atoms with E-state index in [1.54, 1.807) is 12.3 Å². The number of nitrogens with zero attached hydrogens (tertiary/aromatic N) is 1. The van der Waals surface area contributed by atoms with Crippen LogP contribution in [-0.4, -0.2) is 5.96 Å². The average molecular weight is 114 g/mol. The third-order valence-electron chi connectivity index (χ3n) is 0.435. The topological polar surface area (TPSA) is 76.4 Å². The van der Waals surface area contributed by atoms with Crippen LogP contribution >= 0.6 is 0 Å². The van der Waals surface area contributed by atoms with Crippen molar-refractivity contribution in [1.29, 1.82) is 0 Å². The highest BCUT2D eigenvalue weighted by atomic mass is 15.3. The Balaban J connectivity index is 3.30. The standard InChI is InChI=1S/C4H10N4/c1-2-3-7-8-4(5)6/h2-3,7H,1H3,(H4,5,6,8)/b3-2-. The summed E-state index contributed by atoms with van der Waals surface area (Å²) in [6.07, 6.45) is 3.41. The largest absolute Gasteiger partial charge is 0.369 e. The molecule has 0 aliphatic rings. The van der Waals surface area contributed by atoms with Gasteiger partial charge in [0.2, 0.25) is 5.96 Å². The second-order valence-electron chi connectivity index (χ2n) is 1.17. The van der Waals surface area contributed by atoms with Gasteiger partial charge in [0.25, 0.3) is 0 Å². The highest BCUT2D eigenvalue weighted by Gasteiger charge is 1.69. The number of allylic oxidation sites excluding steroid dienone is 1. The van der Waals surface area contributed by atoms with Gasteiger partial charge in [-0.15, -0.1) is 5.10 Å². The van der Waals surface area contributed by atoms with Gasteiger partial charge in [-0.25, -0.2) is 0 Å². The molecule has 0 aliphatic carbocycles. The van der Waals surface area contributed by atoms with Gasteiger partial charge in [0.1, 0.15) is 0 Å². The monoisotopic (exact) mass is 114 g/mol. The van der Waals surface area contributed by atoms with Crippen molar-refractivity contribution in [1.82, 2.24) is 5.43 Å². The van der Waals surface area contributed by atoms with Crippen molar-refractivity contribution in [2.75, 3.05) is 0 Å². The van der Waals surface area contributed by atoms with Crippen molar-refractivity contribution >= 4 is 5.96 Å². The number of guanidine groups is 1. The molecule has 4 heteroatoms. The fraction of sp³-hybridized carbons (Fsp3) is 0.250. The SMILES string of the molecule is C/C=C\NN=C(N)N. The second kappa shape index (κ2) is 3.98. The van der Waals surface area contributed by atoms with Crippen molar-refractivity contribution in [2.24, 2.45) is 16.6 Å². The first-order valence-electron chi connectivity index (χ1n) is 2.22. The molecule has 46 valence electrons. The summed E-state index contributed by atoms with van der Waals surface area (Å²) >= 11 is 0. The molecule has 0 aliphatic heterocycles. The Labute approximate surface area is 48.2 Å². The Morgan fingerprint density at radius 3 is 2.62 bits per heavy atom. The minimum atomic E-state index is 0.0306. The Morgan fingerprint density at radius 2 is 2.25 bits per heavy atom. The first kappa shape index (κ1) is 6.81. The molecule has 0 bridgehead atoms. The van der Waals surface area contributed by atoms with Gasteiger partial charge < -0.3 is 11.5 Å². The summed E-state index contributed by atoms with van der Waals surface area (Å²) in [5, 5.41) is 3.45. The molecule has 0 aromatic rings. The van der Waals surface area contributed by atoms with E-state index >= 15 is 0 Å². The van der Waals surface area contributed by atoms with Crippen molar-refractivity contribution in [3.05, 3.63) is 12.3 Å². The average Bonchev–Trinajstić information content (AvgIpc) is 1.66. The van der Waals surface area contributed by atoms with E-state index in [0.29, 0.717) is 0 Å². The Hall–Kier alpha value is -1.19. The van der Waals surface area contributed by atoms with Crippen LogP contribution in [0.3, 0.4) is 0 Å². The van der Waals surface area contributed by atoms with E-state index in [4.69, 9.17) is 11.5 Å². The van der Waals surface area contributed by atoms with Crippen LogP contribution < -0.4 is 16.9 Å². The third-order valence-corrected chi connectivity index (χ3v) is 0.435. The number of hydrogen-bond donors (Lipinski definition) is 3. The molecule has 0 aromatic heterocycles. The fourth-order valence-electron chi connectivity index (χ4n) is 0.186. The molecule has 0 spiro atoms. The Bertz CT molecular complexity index is 101. The van der Waals surface area contributed by atoms with Gasteiger partial charge in [-0.2, -0.15) is 0 Å². The predicted molar refractivity (Wildman–Crippen MR) is 33.8 cm³/mol. The number of rotatable bonds is 2. The van der Waals surface area contributed by atoms with Crippen molar-refractivity contribution in [3.63, 3.8) is 0 Å². The maximum absolute atomic E-state index is 4.96. The van der Waals surface area contributed by atoms with E-state index in [-0.39, 0.29) is 5.96 Å². The van der Waals surface area contributed by atoms with E-state index in [2.05, 4.69) is 10.5 Å². The zero-order chi connectivity index (χ0) is 6.41. The number of nitrogens with one attached hydrogen (secondary N) is 1. The van der Waals surface area contributed by atoms with Crippen LogP contribution in [0.2, 0.25) is 0 Å². The van der Waals surface area contributed by atoms with E-state index in [0.717, 1.165) is 0 Å². The fourth-order valence-corrected chi connectivity index (χ4v) is 0.186. The van der Waals surface area contributed by atoms with E-state index in [9.17, 15) is 0 Å². The van der Waals surface area contributed by atoms with Crippen LogP contribution in [0, 0.1) is 0 Å². The normalized spacial score (nSPS) is 9.12. The van der Waals surface area contributed by atoms with Crippen molar-refractivity contribution in [3.8, 4) is 0 Å². The van der Waals surface area contributed by atoms with Gasteiger partial charge in [-0.3, -0.25) is 5.43 Å². The van der Waals surface area contributed by atoms with E-state index in [1.807, 2.05) is 6.92 Å². The first-order chi connectivity index (χ1) is 3.77. The molecule has 0 saturated heterocycles. The van der Waals surface area contributed by atoms with Crippen LogP contribution in [-0.2, 0) is 0 Å². The molecule has 0 amide bonds. The number of nitrogens with two attached hydrogens (primary N) is 2. The van der Waals surface area contributed by atoms with Crippen LogP contribution in [0.15, 0.2) is 17.4 Å². The quantitative estimate of drug-likeness (QED) is 0.252. The van der Waals surface area contributed by atoms with Crippen LogP contribution in [0.1, 0.15) is 6.92 Å². The summed E-state index contributed by atoms with van der Waals surface area (Å²) in [4.78, 5) is 0. The molecular formula is C4H10N4. The summed E-state index contributed by atoms with van der Waals surface area (Å²) in [5.41, 5.74) is 12.4. The van der Waals surface area contributed by atoms with Crippen molar-refractivity contribution in [2.45, 2.75) is 6.92 Å². The van der Waals surface area contributed by atoms with Gasteiger partial charge in [0, 0.05) is 6.20 Å². The summed E-state index contributed by atoms with van der Waals surface area (Å²) in [6, 6.07) is 0. The first-order valence-corrected chi connectivity index (χ1v) is 2.22. The summed E-state index contributed by atoms with van der Waals surface area (Å²) in [7, 11) is 0. The molecule has 0 heterocycles. The smallest absolute Gasteiger partial charge is 0.208 e. The lowest BCUT2D eigenvalue weighted by atomic mass is 10.7. The Kier molecular flexibility index (Phi) is 3.39. The molecule has 4 nitrogen and oxygen atoms in total. The maximum atomic E-state index is 4.96. The van der Waals surface area contributed by atoms with Crippen LogP contribution in [0.4, 0.5) is 0 Å². The van der Waals surface area contributed by atoms with Gasteiger partial charge in [0.05, 0.1) is 0 Å². The minimum absolute atomic E-state index is 0.0306. The number of hydrogen-bond acceptors (Lipinski definition) is 2. The molecular weight excluding hydrogens is 104 g/mol. The van der Waals surface area contributed by atoms with Gasteiger partial charge in [0.15, 0.2) is 0 Å². The van der Waals surface area contributed by atoms with Crippen LogP contribution in [0.25, 0.3) is 0 Å². The van der Waals surface area contributed by atoms with Gasteiger partial charge in [-0.05, 0) is 6.92 Å². The maximum Gasteiger partial charge on any atom is 0.208 e. The minimum Gasteiger partial charge on any atom is -0.369 e. The predicted octanol–water partition coefficient (Wildman–Crippen LogP) is -0.702. The zero-order valence-electron chi connectivity index (χ0n) is 4.76. The van der Waals surface area contributed by atoms with E-state index in [1.165, 1.54) is 0 Å². The molecule has 0 rings (SSSR count). The lowest BCUT2D eigenvalue weighted by Gasteiger charge is -1.88. The molecule has 0 atom stereocenters. The Morgan fingerprint density at radius 1 is 1.62 bits per heavy atom. The van der Waals surface area contributed by atoms with Gasteiger partial charge in [-0.1, -0.05) is 6.08 Å². The molecule has 0 radical (unpaired) electrons. The van der Waals surface area contributed by atoms with Crippen molar-refractivity contribution < 1.29 is 0 Å². The third kappa shape index (κ3) is 4.81. The van der Waals surface area contributed by atoms with Gasteiger partial charge >= 0.3 is 0 Å². The second-order valence-corrected chi connectivity index (χ2v) is 1.17. The zero-order valence-corrected chi connectivity index (χ0v) is 4.76. The highest BCUT2D eigenvalue weighted by molar-refractivity contribution is 5.75. The summed E-state index contributed by atoms with van der Waals surface area (Å²) in [5.74, 6) is 0.0306. The summed E-state index contributed by atoms with van der Waals surface area (Å²) in [6.45, 7) is 1.86. The molecule has 0 aromatic carbocycles. The van der Waals surface area contributed by atoms with E-state index < -0.39 is 0 Å². The highest BCUT2D eigenvalue weighted by Crippen LogP contribution is 1.60. The summed E-state index contributed by atoms with van der Waals surface area (Å²) < 4.78 is 0. The molecule has 8 heavy (non-hydrogen) atoms. The number of hydrazone groups is 1.